The molecule has 1 heterocycles. The van der Waals surface area contributed by atoms with E-state index in [0.29, 0.717) is 11.9 Å². The molecule has 104 valence electrons. The molecular weight excluding hydrogens is 324 g/mol. The summed E-state index contributed by atoms with van der Waals surface area (Å²) in [5, 5.41) is 0. The number of hydrogen-bond donors (Lipinski definition) is 0. The van der Waals surface area contributed by atoms with E-state index in [9.17, 15) is 0 Å². The molecule has 0 bridgehead atoms. The van der Waals surface area contributed by atoms with Crippen LogP contribution in [0.3, 0.4) is 0 Å². The maximum Gasteiger partial charge on any atom is 0.111 e. The van der Waals surface area contributed by atoms with Crippen LogP contribution in [0.25, 0.3) is 11.0 Å². The first-order valence-corrected chi connectivity index (χ1v) is 7.89. The van der Waals surface area contributed by atoms with E-state index < -0.39 is 0 Å². The summed E-state index contributed by atoms with van der Waals surface area (Å²) in [5.74, 6) is 1.67. The highest BCUT2D eigenvalue weighted by molar-refractivity contribution is 9.10. The summed E-state index contributed by atoms with van der Waals surface area (Å²) in [5.41, 5.74) is 2.40. The largest absolute Gasteiger partial charge is 0.325 e. The summed E-state index contributed by atoms with van der Waals surface area (Å²) >= 11 is 9.43. The number of benzene rings is 1. The fraction of sp³-hybridized carbons (Fsp3) is 0.533. The van der Waals surface area contributed by atoms with Crippen LogP contribution in [0.15, 0.2) is 22.7 Å². The van der Waals surface area contributed by atoms with Crippen molar-refractivity contribution in [1.82, 2.24) is 9.55 Å². The molecule has 1 atom stereocenters. The maximum absolute atomic E-state index is 5.92. The average molecular weight is 344 g/mol. The standard InChI is InChI=1S/C15H20BrClN2/c1-10(15(2,3)4)19-13-6-5-11(16)9-12(13)18-14(19)7-8-17/h5-6,9-10H,7-8H2,1-4H3. The van der Waals surface area contributed by atoms with Crippen LogP contribution in [0.1, 0.15) is 39.6 Å². The second-order valence-electron chi connectivity index (χ2n) is 6.01. The van der Waals surface area contributed by atoms with Gasteiger partial charge in [0.05, 0.1) is 11.0 Å². The molecule has 0 aliphatic heterocycles. The molecule has 0 amide bonds. The van der Waals surface area contributed by atoms with Gasteiger partial charge < -0.3 is 4.57 Å². The first-order chi connectivity index (χ1) is 8.84. The molecule has 0 saturated carbocycles. The lowest BCUT2D eigenvalue weighted by molar-refractivity contribution is 0.263. The zero-order chi connectivity index (χ0) is 14.2. The Morgan fingerprint density at radius 3 is 2.63 bits per heavy atom. The first kappa shape index (κ1) is 14.9. The molecule has 0 N–H and O–H groups in total. The molecule has 2 rings (SSSR count). The highest BCUT2D eigenvalue weighted by Crippen LogP contribution is 2.34. The lowest BCUT2D eigenvalue weighted by Gasteiger charge is -2.30. The monoisotopic (exact) mass is 342 g/mol. The Kier molecular flexibility index (Phi) is 4.26. The quantitative estimate of drug-likeness (QED) is 0.701. The molecular formula is C15H20BrClN2. The van der Waals surface area contributed by atoms with Crippen LogP contribution in [0.5, 0.6) is 0 Å². The minimum Gasteiger partial charge on any atom is -0.325 e. The van der Waals surface area contributed by atoms with Crippen molar-refractivity contribution < 1.29 is 0 Å². The van der Waals surface area contributed by atoms with Crippen molar-refractivity contribution in [3.05, 3.63) is 28.5 Å². The lowest BCUT2D eigenvalue weighted by atomic mass is 9.87. The number of fused-ring (bicyclic) bond motifs is 1. The van der Waals surface area contributed by atoms with Crippen LogP contribution in [0.2, 0.25) is 0 Å². The zero-order valence-electron chi connectivity index (χ0n) is 11.9. The van der Waals surface area contributed by atoms with E-state index >= 15 is 0 Å². The number of alkyl halides is 1. The molecule has 1 unspecified atom stereocenters. The van der Waals surface area contributed by atoms with Gasteiger partial charge in [-0.1, -0.05) is 36.7 Å². The third-order valence-electron chi connectivity index (χ3n) is 3.68. The summed E-state index contributed by atoms with van der Waals surface area (Å²) in [4.78, 5) is 4.75. The summed E-state index contributed by atoms with van der Waals surface area (Å²) in [6.45, 7) is 9.02. The summed E-state index contributed by atoms with van der Waals surface area (Å²) in [6, 6.07) is 6.64. The predicted molar refractivity (Wildman–Crippen MR) is 86.0 cm³/mol. The minimum absolute atomic E-state index is 0.182. The molecule has 2 aromatic rings. The summed E-state index contributed by atoms with van der Waals surface area (Å²) < 4.78 is 3.40. The molecule has 2 nitrogen and oxygen atoms in total. The predicted octanol–water partition coefficient (Wildman–Crippen LogP) is 5.19. The molecule has 19 heavy (non-hydrogen) atoms. The van der Waals surface area contributed by atoms with Gasteiger partial charge in [-0.25, -0.2) is 4.98 Å². The Morgan fingerprint density at radius 2 is 2.05 bits per heavy atom. The normalized spacial score (nSPS) is 14.0. The SMILES string of the molecule is CC(n1c(CCCl)nc2cc(Br)ccc21)C(C)(C)C. The van der Waals surface area contributed by atoms with Crippen molar-refractivity contribution in [2.45, 2.75) is 40.2 Å². The minimum atomic E-state index is 0.182. The van der Waals surface area contributed by atoms with Gasteiger partial charge in [0.2, 0.25) is 0 Å². The molecule has 0 saturated heterocycles. The number of aromatic nitrogens is 2. The van der Waals surface area contributed by atoms with Gasteiger partial charge in [0, 0.05) is 22.8 Å². The Labute approximate surface area is 128 Å². The fourth-order valence-corrected chi connectivity index (χ4v) is 2.72. The van der Waals surface area contributed by atoms with E-state index in [2.05, 4.69) is 66.4 Å². The fourth-order valence-electron chi connectivity index (χ4n) is 2.20. The zero-order valence-corrected chi connectivity index (χ0v) is 14.2. The average Bonchev–Trinajstić information content (AvgIpc) is 2.64. The van der Waals surface area contributed by atoms with Gasteiger partial charge in [-0.3, -0.25) is 0 Å². The van der Waals surface area contributed by atoms with Gasteiger partial charge in [-0.05, 0) is 30.5 Å². The lowest BCUT2D eigenvalue weighted by Crippen LogP contribution is -2.23. The Balaban J connectivity index is 2.64. The molecule has 0 fully saturated rings. The van der Waals surface area contributed by atoms with Gasteiger partial charge >= 0.3 is 0 Å². The number of aryl methyl sites for hydroxylation is 1. The Bertz CT molecular complexity index is 584. The van der Waals surface area contributed by atoms with E-state index in [1.54, 1.807) is 0 Å². The van der Waals surface area contributed by atoms with Crippen LogP contribution in [-0.4, -0.2) is 15.4 Å². The highest BCUT2D eigenvalue weighted by Gasteiger charge is 2.25. The van der Waals surface area contributed by atoms with Gasteiger partial charge in [-0.15, -0.1) is 11.6 Å². The Morgan fingerprint density at radius 1 is 1.37 bits per heavy atom. The van der Waals surface area contributed by atoms with E-state index in [4.69, 9.17) is 16.6 Å². The molecule has 4 heteroatoms. The molecule has 1 aromatic carbocycles. The van der Waals surface area contributed by atoms with Gasteiger partial charge in [-0.2, -0.15) is 0 Å². The van der Waals surface area contributed by atoms with Crippen LogP contribution < -0.4 is 0 Å². The van der Waals surface area contributed by atoms with Crippen molar-refractivity contribution in [2.24, 2.45) is 5.41 Å². The van der Waals surface area contributed by atoms with Crippen molar-refractivity contribution in [3.63, 3.8) is 0 Å². The second-order valence-corrected chi connectivity index (χ2v) is 7.31. The number of nitrogens with zero attached hydrogens (tertiary/aromatic N) is 2. The van der Waals surface area contributed by atoms with Gasteiger partial charge in [0.1, 0.15) is 5.82 Å². The molecule has 0 aliphatic rings. The third-order valence-corrected chi connectivity index (χ3v) is 4.37. The van der Waals surface area contributed by atoms with E-state index in [-0.39, 0.29) is 5.41 Å². The van der Waals surface area contributed by atoms with Crippen LogP contribution in [0.4, 0.5) is 0 Å². The smallest absolute Gasteiger partial charge is 0.111 e. The van der Waals surface area contributed by atoms with Gasteiger partial charge in [0.25, 0.3) is 0 Å². The number of hydrogen-bond acceptors (Lipinski definition) is 1. The molecule has 0 aliphatic carbocycles. The third kappa shape index (κ3) is 2.97. The van der Waals surface area contributed by atoms with Crippen LogP contribution in [-0.2, 0) is 6.42 Å². The van der Waals surface area contributed by atoms with Crippen molar-refractivity contribution in [2.75, 3.05) is 5.88 Å². The van der Waals surface area contributed by atoms with Crippen molar-refractivity contribution >= 4 is 38.6 Å². The van der Waals surface area contributed by atoms with Crippen LogP contribution in [0, 0.1) is 5.41 Å². The van der Waals surface area contributed by atoms with Crippen LogP contribution >= 0.6 is 27.5 Å². The van der Waals surface area contributed by atoms with E-state index in [1.165, 1.54) is 5.52 Å². The van der Waals surface area contributed by atoms with Gasteiger partial charge in [0.15, 0.2) is 0 Å². The number of halogens is 2. The number of rotatable bonds is 3. The Hall–Kier alpha value is -0.540. The summed E-state index contributed by atoms with van der Waals surface area (Å²) in [7, 11) is 0. The highest BCUT2D eigenvalue weighted by atomic mass is 79.9. The summed E-state index contributed by atoms with van der Waals surface area (Å²) in [6.07, 6.45) is 0.800. The number of imidazole rings is 1. The van der Waals surface area contributed by atoms with Crippen molar-refractivity contribution in [3.8, 4) is 0 Å². The molecule has 1 aromatic heterocycles. The first-order valence-electron chi connectivity index (χ1n) is 6.57. The molecule has 0 radical (unpaired) electrons. The topological polar surface area (TPSA) is 17.8 Å². The van der Waals surface area contributed by atoms with E-state index in [1.807, 2.05) is 0 Å². The van der Waals surface area contributed by atoms with Crippen molar-refractivity contribution in [1.29, 1.82) is 0 Å². The molecule has 0 spiro atoms. The maximum atomic E-state index is 5.92. The van der Waals surface area contributed by atoms with E-state index in [0.717, 1.165) is 22.2 Å². The second kappa shape index (κ2) is 5.45.